The van der Waals surface area contributed by atoms with Crippen molar-refractivity contribution in [2.24, 2.45) is 5.92 Å². The molecule has 0 aromatic heterocycles. The number of anilines is 3. The van der Waals surface area contributed by atoms with Crippen LogP contribution in [0.25, 0.3) is 0 Å². The summed E-state index contributed by atoms with van der Waals surface area (Å²) in [5, 5.41) is 3.30. The Morgan fingerprint density at radius 3 is 2.50 bits per heavy atom. The summed E-state index contributed by atoms with van der Waals surface area (Å²) >= 11 is 0. The predicted octanol–water partition coefficient (Wildman–Crippen LogP) is 3.78. The number of carbonyl (C=O) groups is 1. The first-order valence-corrected chi connectivity index (χ1v) is 6.83. The van der Waals surface area contributed by atoms with E-state index >= 15 is 0 Å². The van der Waals surface area contributed by atoms with Crippen LogP contribution in [0.2, 0.25) is 0 Å². The van der Waals surface area contributed by atoms with E-state index in [1.165, 1.54) is 5.56 Å². The molecule has 20 heavy (non-hydrogen) atoms. The molecule has 2 rings (SSSR count). The first kappa shape index (κ1) is 14.1. The van der Waals surface area contributed by atoms with Crippen LogP contribution in [-0.2, 0) is 11.2 Å². The highest BCUT2D eigenvalue weighted by molar-refractivity contribution is 5.72. The van der Waals surface area contributed by atoms with Gasteiger partial charge in [-0.15, -0.1) is 0 Å². The number of nitrogens with two attached hydrogens (primary N) is 1. The second-order valence-electron chi connectivity index (χ2n) is 5.12. The Morgan fingerprint density at radius 1 is 1.15 bits per heavy atom. The Bertz CT molecular complexity index is 563. The molecule has 0 saturated carbocycles. The minimum atomic E-state index is 0.385. The first-order chi connectivity index (χ1) is 9.69. The topological polar surface area (TPSA) is 55.1 Å². The summed E-state index contributed by atoms with van der Waals surface area (Å²) in [5.74, 6) is 0.385. The van der Waals surface area contributed by atoms with E-state index in [4.69, 9.17) is 5.73 Å². The number of rotatable bonds is 6. The standard InChI is InChI=1S/C17H20N2O/c1-13(10-11-20)12-14-6-8-15(9-7-14)19-17-5-3-2-4-16(17)18/h2-9,11,13,19H,10,12,18H2,1H3/t13-/m0/s1. The monoisotopic (exact) mass is 268 g/mol. The number of hydrogen-bond donors (Lipinski definition) is 2. The summed E-state index contributed by atoms with van der Waals surface area (Å²) in [5.41, 5.74) is 9.80. The summed E-state index contributed by atoms with van der Waals surface area (Å²) in [7, 11) is 0. The highest BCUT2D eigenvalue weighted by Gasteiger charge is 2.03. The molecule has 3 N–H and O–H groups in total. The quantitative estimate of drug-likeness (QED) is 0.619. The maximum atomic E-state index is 10.5. The molecule has 0 heterocycles. The van der Waals surface area contributed by atoms with E-state index < -0.39 is 0 Å². The zero-order chi connectivity index (χ0) is 14.4. The molecule has 0 amide bonds. The molecule has 2 aromatic carbocycles. The molecule has 104 valence electrons. The van der Waals surface area contributed by atoms with Crippen molar-refractivity contribution in [1.29, 1.82) is 0 Å². The number of aldehydes is 1. The molecule has 0 bridgehead atoms. The van der Waals surface area contributed by atoms with Crippen molar-refractivity contribution in [2.45, 2.75) is 19.8 Å². The van der Waals surface area contributed by atoms with Crippen molar-refractivity contribution < 1.29 is 4.79 Å². The first-order valence-electron chi connectivity index (χ1n) is 6.83. The minimum Gasteiger partial charge on any atom is -0.397 e. The molecule has 3 heteroatoms. The summed E-state index contributed by atoms with van der Waals surface area (Å²) in [6.45, 7) is 2.09. The third-order valence-electron chi connectivity index (χ3n) is 3.28. The van der Waals surface area contributed by atoms with Gasteiger partial charge in [-0.05, 0) is 42.2 Å². The van der Waals surface area contributed by atoms with Gasteiger partial charge in [0.1, 0.15) is 6.29 Å². The molecule has 1 atom stereocenters. The van der Waals surface area contributed by atoms with Crippen LogP contribution in [0.3, 0.4) is 0 Å². The number of nitrogen functional groups attached to an aromatic ring is 1. The molecular weight excluding hydrogens is 248 g/mol. The fraction of sp³-hybridized carbons (Fsp3) is 0.235. The number of nitrogens with one attached hydrogen (secondary N) is 1. The molecule has 0 fully saturated rings. The Morgan fingerprint density at radius 2 is 1.85 bits per heavy atom. The van der Waals surface area contributed by atoms with E-state index in [0.29, 0.717) is 12.3 Å². The number of carbonyl (C=O) groups excluding carboxylic acids is 1. The molecule has 0 saturated heterocycles. The lowest BCUT2D eigenvalue weighted by Crippen LogP contribution is -2.00. The van der Waals surface area contributed by atoms with Crippen LogP contribution >= 0.6 is 0 Å². The van der Waals surface area contributed by atoms with Crippen LogP contribution in [-0.4, -0.2) is 6.29 Å². The lowest BCUT2D eigenvalue weighted by atomic mass is 9.98. The van der Waals surface area contributed by atoms with Gasteiger partial charge >= 0.3 is 0 Å². The van der Waals surface area contributed by atoms with Gasteiger partial charge in [-0.1, -0.05) is 31.2 Å². The van der Waals surface area contributed by atoms with Crippen LogP contribution in [0.4, 0.5) is 17.1 Å². The highest BCUT2D eigenvalue weighted by Crippen LogP contribution is 2.23. The van der Waals surface area contributed by atoms with Crippen molar-refractivity contribution in [3.05, 3.63) is 54.1 Å². The number of para-hydroxylation sites is 2. The normalized spacial score (nSPS) is 11.8. The average molecular weight is 268 g/mol. The van der Waals surface area contributed by atoms with Gasteiger partial charge in [0, 0.05) is 12.1 Å². The molecule has 2 aromatic rings. The van der Waals surface area contributed by atoms with E-state index in [-0.39, 0.29) is 0 Å². The van der Waals surface area contributed by atoms with E-state index in [1.807, 2.05) is 36.4 Å². The molecular formula is C17H20N2O. The highest BCUT2D eigenvalue weighted by atomic mass is 16.1. The van der Waals surface area contributed by atoms with Crippen LogP contribution in [0.5, 0.6) is 0 Å². The van der Waals surface area contributed by atoms with E-state index in [0.717, 1.165) is 29.8 Å². The lowest BCUT2D eigenvalue weighted by molar-refractivity contribution is -0.108. The minimum absolute atomic E-state index is 0.385. The summed E-state index contributed by atoms with van der Waals surface area (Å²) in [6.07, 6.45) is 2.52. The van der Waals surface area contributed by atoms with Gasteiger partial charge in [-0.2, -0.15) is 0 Å². The average Bonchev–Trinajstić information content (AvgIpc) is 2.44. The Hall–Kier alpha value is -2.29. The van der Waals surface area contributed by atoms with Crippen LogP contribution in [0, 0.1) is 5.92 Å². The molecule has 0 aliphatic heterocycles. The molecule has 0 aliphatic carbocycles. The molecule has 0 radical (unpaired) electrons. The van der Waals surface area contributed by atoms with Gasteiger partial charge < -0.3 is 15.8 Å². The fourth-order valence-electron chi connectivity index (χ4n) is 2.14. The van der Waals surface area contributed by atoms with Gasteiger partial charge in [0.2, 0.25) is 0 Å². The molecule has 3 nitrogen and oxygen atoms in total. The maximum Gasteiger partial charge on any atom is 0.120 e. The van der Waals surface area contributed by atoms with Gasteiger partial charge in [-0.3, -0.25) is 0 Å². The van der Waals surface area contributed by atoms with E-state index in [9.17, 15) is 4.79 Å². The van der Waals surface area contributed by atoms with Crippen molar-refractivity contribution in [3.63, 3.8) is 0 Å². The Labute approximate surface area is 119 Å². The van der Waals surface area contributed by atoms with Gasteiger partial charge in [0.25, 0.3) is 0 Å². The SMILES string of the molecule is C[C@@H](CC=O)Cc1ccc(Nc2ccccc2N)cc1. The Kier molecular flexibility index (Phi) is 4.77. The van der Waals surface area contributed by atoms with Crippen LogP contribution in [0.15, 0.2) is 48.5 Å². The summed E-state index contributed by atoms with van der Waals surface area (Å²) in [6, 6.07) is 15.9. The summed E-state index contributed by atoms with van der Waals surface area (Å²) in [4.78, 5) is 10.5. The summed E-state index contributed by atoms with van der Waals surface area (Å²) < 4.78 is 0. The van der Waals surface area contributed by atoms with Crippen molar-refractivity contribution in [2.75, 3.05) is 11.1 Å². The second-order valence-corrected chi connectivity index (χ2v) is 5.12. The van der Waals surface area contributed by atoms with Crippen molar-refractivity contribution in [1.82, 2.24) is 0 Å². The van der Waals surface area contributed by atoms with Gasteiger partial charge in [0.05, 0.1) is 11.4 Å². The van der Waals surface area contributed by atoms with Crippen LogP contribution < -0.4 is 11.1 Å². The molecule has 0 unspecified atom stereocenters. The smallest absolute Gasteiger partial charge is 0.120 e. The maximum absolute atomic E-state index is 10.5. The van der Waals surface area contributed by atoms with Gasteiger partial charge in [0.15, 0.2) is 0 Å². The van der Waals surface area contributed by atoms with Gasteiger partial charge in [-0.25, -0.2) is 0 Å². The second kappa shape index (κ2) is 6.75. The Balaban J connectivity index is 2.01. The third-order valence-corrected chi connectivity index (χ3v) is 3.28. The zero-order valence-corrected chi connectivity index (χ0v) is 11.7. The predicted molar refractivity (Wildman–Crippen MR) is 84.1 cm³/mol. The molecule has 0 spiro atoms. The van der Waals surface area contributed by atoms with Crippen molar-refractivity contribution in [3.8, 4) is 0 Å². The fourth-order valence-corrected chi connectivity index (χ4v) is 2.14. The van der Waals surface area contributed by atoms with E-state index in [1.54, 1.807) is 0 Å². The van der Waals surface area contributed by atoms with Crippen LogP contribution in [0.1, 0.15) is 18.9 Å². The number of benzene rings is 2. The van der Waals surface area contributed by atoms with E-state index in [2.05, 4.69) is 24.4 Å². The van der Waals surface area contributed by atoms with Crippen molar-refractivity contribution >= 4 is 23.3 Å². The molecule has 0 aliphatic rings. The largest absolute Gasteiger partial charge is 0.397 e. The lowest BCUT2D eigenvalue weighted by Gasteiger charge is -2.11. The third kappa shape index (κ3) is 3.85. The number of hydrogen-bond acceptors (Lipinski definition) is 3. The zero-order valence-electron chi connectivity index (χ0n) is 11.7.